The minimum absolute atomic E-state index is 0.00694. The molecule has 1 saturated heterocycles. The molecule has 35 heavy (non-hydrogen) atoms. The van der Waals surface area contributed by atoms with Crippen molar-refractivity contribution < 1.29 is 28.7 Å². The van der Waals surface area contributed by atoms with Gasteiger partial charge in [-0.05, 0) is 37.1 Å². The standard InChI is InChI=1S/C26H29N3O6/c1-3-34-26-21(13-23(31)35-26)27-22(30)15-29-14-16(2)11-12-20(25(29)33)28-24(32)19-10-6-8-17-7-4-5-9-18(17)19/h4-11,20-21,26H,3,12-15H2,1-2H3,(H,27,30)(H,28,32). The van der Waals surface area contributed by atoms with E-state index in [1.165, 1.54) is 4.90 Å². The van der Waals surface area contributed by atoms with Gasteiger partial charge in [0.1, 0.15) is 12.1 Å². The molecule has 3 unspecified atom stereocenters. The van der Waals surface area contributed by atoms with E-state index in [0.717, 1.165) is 16.3 Å². The molecule has 0 radical (unpaired) electrons. The molecule has 2 aliphatic rings. The second kappa shape index (κ2) is 10.7. The molecule has 0 bridgehead atoms. The number of esters is 1. The van der Waals surface area contributed by atoms with Crippen LogP contribution in [0.1, 0.15) is 37.0 Å². The van der Waals surface area contributed by atoms with Gasteiger partial charge in [-0.3, -0.25) is 19.2 Å². The van der Waals surface area contributed by atoms with Gasteiger partial charge in [0.2, 0.25) is 18.1 Å². The number of nitrogens with zero attached hydrogens (tertiary/aromatic N) is 1. The van der Waals surface area contributed by atoms with Gasteiger partial charge >= 0.3 is 5.97 Å². The molecule has 1 fully saturated rings. The first-order valence-corrected chi connectivity index (χ1v) is 11.7. The van der Waals surface area contributed by atoms with E-state index in [0.29, 0.717) is 18.6 Å². The molecule has 4 rings (SSSR count). The Morgan fingerprint density at radius 3 is 2.69 bits per heavy atom. The lowest BCUT2D eigenvalue weighted by molar-refractivity contribution is -0.164. The van der Waals surface area contributed by atoms with Crippen molar-refractivity contribution in [3.8, 4) is 0 Å². The number of carbonyl (C=O) groups is 4. The topological polar surface area (TPSA) is 114 Å². The minimum Gasteiger partial charge on any atom is -0.433 e. The highest BCUT2D eigenvalue weighted by molar-refractivity contribution is 6.08. The molecular formula is C26H29N3O6. The van der Waals surface area contributed by atoms with E-state index in [1.807, 2.05) is 43.3 Å². The molecule has 2 aromatic rings. The predicted molar refractivity (Wildman–Crippen MR) is 128 cm³/mol. The van der Waals surface area contributed by atoms with Gasteiger partial charge in [0.15, 0.2) is 0 Å². The van der Waals surface area contributed by atoms with Gasteiger partial charge in [0.25, 0.3) is 5.91 Å². The highest BCUT2D eigenvalue weighted by Crippen LogP contribution is 2.20. The van der Waals surface area contributed by atoms with Crippen LogP contribution in [0, 0.1) is 0 Å². The first-order chi connectivity index (χ1) is 16.9. The van der Waals surface area contributed by atoms with Crippen molar-refractivity contribution in [2.24, 2.45) is 0 Å². The SMILES string of the molecule is CCOC1OC(=O)CC1NC(=O)CN1CC(C)=CCC(NC(=O)c2cccc3ccccc23)C1=O. The molecule has 184 valence electrons. The summed E-state index contributed by atoms with van der Waals surface area (Å²) in [5.74, 6) is -1.57. The molecule has 0 aromatic heterocycles. The first kappa shape index (κ1) is 24.4. The number of carbonyl (C=O) groups excluding carboxylic acids is 4. The fourth-order valence-electron chi connectivity index (χ4n) is 4.39. The van der Waals surface area contributed by atoms with Crippen LogP contribution in [0.5, 0.6) is 0 Å². The number of ether oxygens (including phenoxy) is 2. The van der Waals surface area contributed by atoms with Crippen LogP contribution in [0.15, 0.2) is 54.1 Å². The quantitative estimate of drug-likeness (QED) is 0.463. The van der Waals surface area contributed by atoms with Gasteiger partial charge in [-0.15, -0.1) is 0 Å². The van der Waals surface area contributed by atoms with Crippen molar-refractivity contribution >= 4 is 34.5 Å². The van der Waals surface area contributed by atoms with Crippen molar-refractivity contribution in [2.45, 2.75) is 45.1 Å². The monoisotopic (exact) mass is 479 g/mol. The van der Waals surface area contributed by atoms with Gasteiger partial charge in [-0.25, -0.2) is 0 Å². The van der Waals surface area contributed by atoms with Crippen LogP contribution < -0.4 is 10.6 Å². The second-order valence-corrected chi connectivity index (χ2v) is 8.72. The van der Waals surface area contributed by atoms with Crippen LogP contribution >= 0.6 is 0 Å². The normalized spacial score (nSPS) is 22.4. The van der Waals surface area contributed by atoms with E-state index in [2.05, 4.69) is 10.6 Å². The molecule has 2 aromatic carbocycles. The lowest BCUT2D eigenvalue weighted by Crippen LogP contribution is -2.52. The molecule has 3 amide bonds. The Morgan fingerprint density at radius 2 is 1.89 bits per heavy atom. The Hall–Kier alpha value is -3.72. The van der Waals surface area contributed by atoms with Gasteiger partial charge in [0, 0.05) is 18.7 Å². The number of benzene rings is 2. The lowest BCUT2D eigenvalue weighted by Gasteiger charge is -2.26. The maximum Gasteiger partial charge on any atom is 0.310 e. The van der Waals surface area contributed by atoms with Gasteiger partial charge in [0.05, 0.1) is 13.0 Å². The molecule has 2 N–H and O–H groups in total. The summed E-state index contributed by atoms with van der Waals surface area (Å²) >= 11 is 0. The largest absolute Gasteiger partial charge is 0.433 e. The third-order valence-corrected chi connectivity index (χ3v) is 6.07. The number of amides is 3. The highest BCUT2D eigenvalue weighted by Gasteiger charge is 2.37. The Bertz CT molecular complexity index is 1170. The summed E-state index contributed by atoms with van der Waals surface area (Å²) in [7, 11) is 0. The third-order valence-electron chi connectivity index (χ3n) is 6.07. The van der Waals surface area contributed by atoms with Crippen molar-refractivity contribution in [3.63, 3.8) is 0 Å². The van der Waals surface area contributed by atoms with E-state index >= 15 is 0 Å². The average molecular weight is 480 g/mol. The molecule has 2 aliphatic heterocycles. The molecule has 3 atom stereocenters. The molecule has 9 nitrogen and oxygen atoms in total. The van der Waals surface area contributed by atoms with Gasteiger partial charge in [-0.2, -0.15) is 0 Å². The Balaban J connectivity index is 1.44. The van der Waals surface area contributed by atoms with Crippen LogP contribution in [0.25, 0.3) is 10.8 Å². The summed E-state index contributed by atoms with van der Waals surface area (Å²) in [4.78, 5) is 52.2. The zero-order valence-corrected chi connectivity index (χ0v) is 19.8. The molecule has 0 saturated carbocycles. The Morgan fingerprint density at radius 1 is 1.11 bits per heavy atom. The van der Waals surface area contributed by atoms with Crippen LogP contribution in [-0.2, 0) is 23.9 Å². The van der Waals surface area contributed by atoms with E-state index in [-0.39, 0.29) is 31.3 Å². The molecule has 9 heteroatoms. The van der Waals surface area contributed by atoms with Crippen LogP contribution in [0.2, 0.25) is 0 Å². The maximum absolute atomic E-state index is 13.3. The summed E-state index contributed by atoms with van der Waals surface area (Å²) in [6.07, 6.45) is 1.40. The number of nitrogens with one attached hydrogen (secondary N) is 2. The van der Waals surface area contributed by atoms with Crippen LogP contribution in [-0.4, -0.2) is 66.7 Å². The number of rotatable bonds is 7. The molecule has 0 aliphatic carbocycles. The van der Waals surface area contributed by atoms with E-state index < -0.39 is 30.3 Å². The van der Waals surface area contributed by atoms with Crippen LogP contribution in [0.4, 0.5) is 0 Å². The first-order valence-electron chi connectivity index (χ1n) is 11.7. The van der Waals surface area contributed by atoms with Gasteiger partial charge < -0.3 is 25.0 Å². The Labute approximate surface area is 203 Å². The molecule has 2 heterocycles. The summed E-state index contributed by atoms with van der Waals surface area (Å²) in [5, 5.41) is 7.32. The maximum atomic E-state index is 13.3. The summed E-state index contributed by atoms with van der Waals surface area (Å²) < 4.78 is 10.5. The van der Waals surface area contributed by atoms with E-state index in [1.54, 1.807) is 19.1 Å². The number of hydrogen-bond acceptors (Lipinski definition) is 6. The summed E-state index contributed by atoms with van der Waals surface area (Å²) in [6, 6.07) is 11.6. The molecule has 0 spiro atoms. The minimum atomic E-state index is -0.842. The van der Waals surface area contributed by atoms with Gasteiger partial charge in [-0.1, -0.05) is 48.0 Å². The van der Waals surface area contributed by atoms with E-state index in [4.69, 9.17) is 9.47 Å². The van der Waals surface area contributed by atoms with Crippen LogP contribution in [0.3, 0.4) is 0 Å². The summed E-state index contributed by atoms with van der Waals surface area (Å²) in [5.41, 5.74) is 1.40. The lowest BCUT2D eigenvalue weighted by atomic mass is 10.0. The average Bonchev–Trinajstić information content (AvgIpc) is 3.12. The number of hydrogen-bond donors (Lipinski definition) is 2. The predicted octanol–water partition coefficient (Wildman–Crippen LogP) is 1.91. The fourth-order valence-corrected chi connectivity index (χ4v) is 4.39. The molecular weight excluding hydrogens is 450 g/mol. The second-order valence-electron chi connectivity index (χ2n) is 8.72. The third kappa shape index (κ3) is 5.68. The summed E-state index contributed by atoms with van der Waals surface area (Å²) in [6.45, 7) is 4.03. The smallest absolute Gasteiger partial charge is 0.310 e. The number of cyclic esters (lactones) is 1. The van der Waals surface area contributed by atoms with E-state index in [9.17, 15) is 19.2 Å². The Kier molecular flexibility index (Phi) is 7.45. The zero-order chi connectivity index (χ0) is 24.9. The van der Waals surface area contributed by atoms with Crippen molar-refractivity contribution in [3.05, 3.63) is 59.7 Å². The van der Waals surface area contributed by atoms with Crippen molar-refractivity contribution in [2.75, 3.05) is 19.7 Å². The highest BCUT2D eigenvalue weighted by atomic mass is 16.7. The number of fused-ring (bicyclic) bond motifs is 1. The van der Waals surface area contributed by atoms with Crippen molar-refractivity contribution in [1.82, 2.24) is 15.5 Å². The zero-order valence-electron chi connectivity index (χ0n) is 19.8. The fraction of sp³-hybridized carbons (Fsp3) is 0.385. The van der Waals surface area contributed by atoms with Crippen molar-refractivity contribution in [1.29, 1.82) is 0 Å².